The molecule has 0 bridgehead atoms. The first-order valence-electron chi connectivity index (χ1n) is 9.65. The average Bonchev–Trinajstić information content (AvgIpc) is 2.56. The number of quaternary nitrogens is 1. The van der Waals surface area contributed by atoms with Crippen molar-refractivity contribution < 1.29 is 14.1 Å². The highest BCUT2D eigenvalue weighted by Crippen LogP contribution is 2.12. The molecule has 1 heterocycles. The van der Waals surface area contributed by atoms with E-state index in [2.05, 4.69) is 38.4 Å². The third-order valence-corrected chi connectivity index (χ3v) is 4.47. The van der Waals surface area contributed by atoms with Crippen molar-refractivity contribution in [1.29, 1.82) is 0 Å². The molecule has 0 aromatic carbocycles. The Morgan fingerprint density at radius 3 is 2.38 bits per heavy atom. The summed E-state index contributed by atoms with van der Waals surface area (Å²) in [5, 5.41) is 2.86. The van der Waals surface area contributed by atoms with E-state index in [1.165, 1.54) is 0 Å². The number of hydrogen-bond acceptors (Lipinski definition) is 3. The van der Waals surface area contributed by atoms with Crippen LogP contribution in [0.5, 0.6) is 0 Å². The largest absolute Gasteiger partial charge is 0.352 e. The lowest BCUT2D eigenvalue weighted by Gasteiger charge is -2.25. The van der Waals surface area contributed by atoms with Crippen molar-refractivity contribution in [2.75, 3.05) is 34.2 Å². The van der Waals surface area contributed by atoms with Gasteiger partial charge in [0.2, 0.25) is 0 Å². The minimum absolute atomic E-state index is 0.0622. The number of pyridine rings is 1. The van der Waals surface area contributed by atoms with E-state index < -0.39 is 0 Å². The Balaban J connectivity index is 2.39. The van der Waals surface area contributed by atoms with Crippen LogP contribution >= 0.6 is 0 Å². The van der Waals surface area contributed by atoms with E-state index in [1.807, 2.05) is 26.0 Å². The van der Waals surface area contributed by atoms with Crippen LogP contribution in [-0.2, 0) is 11.2 Å². The number of carbonyl (C=O) groups excluding carboxylic acids is 2. The molecule has 1 rings (SSSR count). The molecule has 1 aromatic heterocycles. The van der Waals surface area contributed by atoms with E-state index in [0.29, 0.717) is 30.9 Å². The van der Waals surface area contributed by atoms with Gasteiger partial charge in [-0.05, 0) is 37.3 Å². The summed E-state index contributed by atoms with van der Waals surface area (Å²) in [6.45, 7) is 7.70. The molecule has 26 heavy (non-hydrogen) atoms. The molecule has 0 aliphatic rings. The van der Waals surface area contributed by atoms with Gasteiger partial charge >= 0.3 is 0 Å². The number of carbonyl (C=O) groups is 2. The van der Waals surface area contributed by atoms with E-state index in [9.17, 15) is 9.59 Å². The summed E-state index contributed by atoms with van der Waals surface area (Å²) in [7, 11) is 6.62. The monoisotopic (exact) mass is 362 g/mol. The number of Topliss-reactive ketones (excluding diaryl/α,β-unsaturated/α-hetero) is 1. The first-order chi connectivity index (χ1) is 12.1. The van der Waals surface area contributed by atoms with Crippen LogP contribution in [-0.4, -0.2) is 55.4 Å². The molecule has 5 nitrogen and oxygen atoms in total. The third kappa shape index (κ3) is 9.09. The molecule has 1 N–H and O–H groups in total. The van der Waals surface area contributed by atoms with E-state index in [1.54, 1.807) is 6.20 Å². The Morgan fingerprint density at radius 1 is 1.15 bits per heavy atom. The quantitative estimate of drug-likeness (QED) is 0.486. The fourth-order valence-electron chi connectivity index (χ4n) is 2.60. The second kappa shape index (κ2) is 10.4. The van der Waals surface area contributed by atoms with E-state index in [0.717, 1.165) is 29.6 Å². The van der Waals surface area contributed by atoms with Crippen molar-refractivity contribution in [3.05, 3.63) is 29.6 Å². The summed E-state index contributed by atoms with van der Waals surface area (Å²) in [5.41, 5.74) is 1.60. The number of aromatic nitrogens is 1. The zero-order valence-corrected chi connectivity index (χ0v) is 17.3. The van der Waals surface area contributed by atoms with Gasteiger partial charge in [-0.1, -0.05) is 20.8 Å². The van der Waals surface area contributed by atoms with Gasteiger partial charge in [0.25, 0.3) is 5.91 Å². The van der Waals surface area contributed by atoms with Crippen molar-refractivity contribution in [3.63, 3.8) is 0 Å². The molecule has 0 aliphatic carbocycles. The van der Waals surface area contributed by atoms with E-state index in [-0.39, 0.29) is 17.6 Å². The van der Waals surface area contributed by atoms with Gasteiger partial charge in [-0.3, -0.25) is 14.6 Å². The van der Waals surface area contributed by atoms with Gasteiger partial charge in [0.1, 0.15) is 5.78 Å². The lowest BCUT2D eigenvalue weighted by Crippen LogP contribution is -2.36. The zero-order chi connectivity index (χ0) is 19.7. The zero-order valence-electron chi connectivity index (χ0n) is 17.3. The molecule has 146 valence electrons. The maximum absolute atomic E-state index is 12.1. The molecule has 1 unspecified atom stereocenters. The smallest absolute Gasteiger partial charge is 0.252 e. The summed E-state index contributed by atoms with van der Waals surface area (Å²) >= 11 is 0. The highest BCUT2D eigenvalue weighted by molar-refractivity contribution is 5.93. The summed E-state index contributed by atoms with van der Waals surface area (Å²) in [4.78, 5) is 28.1. The topological polar surface area (TPSA) is 59.1 Å². The number of hydrogen-bond donors (Lipinski definition) is 1. The molecular formula is C21H36N3O2+. The molecule has 0 aliphatic heterocycles. The Bertz CT molecular complexity index is 574. The molecule has 0 saturated carbocycles. The molecule has 0 fully saturated rings. The SMILES string of the molecule is CC(CC[N+](C)(C)C)Cc1ccc(C(=O)NCCCC(=O)C(C)C)cn1. The highest BCUT2D eigenvalue weighted by Gasteiger charge is 2.13. The molecule has 1 atom stereocenters. The van der Waals surface area contributed by atoms with Gasteiger partial charge in [0.15, 0.2) is 0 Å². The number of nitrogens with zero attached hydrogens (tertiary/aromatic N) is 2. The van der Waals surface area contributed by atoms with E-state index in [4.69, 9.17) is 0 Å². The predicted molar refractivity (Wildman–Crippen MR) is 106 cm³/mol. The maximum atomic E-state index is 12.1. The fraction of sp³-hybridized carbons (Fsp3) is 0.667. The van der Waals surface area contributed by atoms with Crippen LogP contribution in [0, 0.1) is 11.8 Å². The fourth-order valence-corrected chi connectivity index (χ4v) is 2.60. The lowest BCUT2D eigenvalue weighted by atomic mass is 10.0. The Hall–Kier alpha value is -1.75. The summed E-state index contributed by atoms with van der Waals surface area (Å²) < 4.78 is 0.972. The minimum Gasteiger partial charge on any atom is -0.352 e. The van der Waals surface area contributed by atoms with Gasteiger partial charge in [-0.2, -0.15) is 0 Å². The van der Waals surface area contributed by atoms with Crippen LogP contribution in [0.15, 0.2) is 18.3 Å². The van der Waals surface area contributed by atoms with Gasteiger partial charge < -0.3 is 9.80 Å². The van der Waals surface area contributed by atoms with Crippen LogP contribution in [0.1, 0.15) is 56.1 Å². The van der Waals surface area contributed by atoms with Crippen molar-refractivity contribution in [2.24, 2.45) is 11.8 Å². The van der Waals surface area contributed by atoms with Gasteiger partial charge in [0.05, 0.1) is 33.3 Å². The first-order valence-corrected chi connectivity index (χ1v) is 9.65. The Labute approximate surface area is 158 Å². The second-order valence-corrected chi connectivity index (χ2v) is 8.63. The van der Waals surface area contributed by atoms with Crippen molar-refractivity contribution in [3.8, 4) is 0 Å². The van der Waals surface area contributed by atoms with E-state index >= 15 is 0 Å². The van der Waals surface area contributed by atoms with Crippen LogP contribution in [0.3, 0.4) is 0 Å². The molecule has 0 saturated heterocycles. The molecule has 5 heteroatoms. The average molecular weight is 363 g/mol. The summed E-state index contributed by atoms with van der Waals surface area (Å²) in [6, 6.07) is 3.78. The molecule has 1 aromatic rings. The Kier molecular flexibility index (Phi) is 8.93. The van der Waals surface area contributed by atoms with Gasteiger partial charge in [-0.25, -0.2) is 0 Å². The normalized spacial score (nSPS) is 12.9. The molecular weight excluding hydrogens is 326 g/mol. The molecule has 1 amide bonds. The second-order valence-electron chi connectivity index (χ2n) is 8.63. The van der Waals surface area contributed by atoms with Crippen LogP contribution in [0.4, 0.5) is 0 Å². The Morgan fingerprint density at radius 2 is 1.85 bits per heavy atom. The first kappa shape index (κ1) is 22.3. The van der Waals surface area contributed by atoms with Crippen molar-refractivity contribution >= 4 is 11.7 Å². The number of rotatable bonds is 11. The predicted octanol–water partition coefficient (Wildman–Crippen LogP) is 3.09. The standard InChI is InChI=1S/C21H35N3O2/c1-16(2)20(25)8-7-12-22-21(26)18-9-10-19(23-15-18)14-17(3)11-13-24(4,5)6/h9-10,15-17H,7-8,11-14H2,1-6H3/p+1. The molecule has 0 radical (unpaired) electrons. The van der Waals surface area contributed by atoms with Crippen molar-refractivity contribution in [1.82, 2.24) is 10.3 Å². The number of nitrogens with one attached hydrogen (secondary N) is 1. The van der Waals surface area contributed by atoms with Gasteiger partial charge in [0, 0.05) is 30.8 Å². The van der Waals surface area contributed by atoms with Crippen molar-refractivity contribution in [2.45, 2.75) is 46.5 Å². The highest BCUT2D eigenvalue weighted by atomic mass is 16.1. The number of amides is 1. The van der Waals surface area contributed by atoms with Crippen LogP contribution < -0.4 is 5.32 Å². The maximum Gasteiger partial charge on any atom is 0.252 e. The summed E-state index contributed by atoms with van der Waals surface area (Å²) in [6.07, 6.45) is 4.93. The lowest BCUT2D eigenvalue weighted by molar-refractivity contribution is -0.870. The summed E-state index contributed by atoms with van der Waals surface area (Å²) in [5.74, 6) is 0.744. The van der Waals surface area contributed by atoms with Crippen LogP contribution in [0.2, 0.25) is 0 Å². The third-order valence-electron chi connectivity index (χ3n) is 4.47. The molecule has 0 spiro atoms. The minimum atomic E-state index is -0.126. The van der Waals surface area contributed by atoms with Gasteiger partial charge in [-0.15, -0.1) is 0 Å². The number of ketones is 1. The van der Waals surface area contributed by atoms with Crippen LogP contribution in [0.25, 0.3) is 0 Å².